The molecule has 0 heterocycles. The summed E-state index contributed by atoms with van der Waals surface area (Å²) in [6.07, 6.45) is 0. The van der Waals surface area contributed by atoms with Crippen molar-refractivity contribution in [2.24, 2.45) is 0 Å². The van der Waals surface area contributed by atoms with Crippen LogP contribution >= 0.6 is 15.9 Å². The van der Waals surface area contributed by atoms with Crippen LogP contribution in [0, 0.1) is 5.82 Å². The number of anilines is 2. The van der Waals surface area contributed by atoms with Gasteiger partial charge in [0.25, 0.3) is 0 Å². The molecule has 0 saturated carbocycles. The third kappa shape index (κ3) is 3.57. The van der Waals surface area contributed by atoms with Gasteiger partial charge in [0.2, 0.25) is 0 Å². The predicted octanol–water partition coefficient (Wildman–Crippen LogP) is 2.92. The van der Waals surface area contributed by atoms with Gasteiger partial charge in [-0.05, 0) is 49.9 Å². The van der Waals surface area contributed by atoms with Crippen LogP contribution in [0.2, 0.25) is 0 Å². The van der Waals surface area contributed by atoms with Crippen LogP contribution < -0.4 is 11.1 Å². The maximum Gasteiger partial charge on any atom is 0.139 e. The van der Waals surface area contributed by atoms with Gasteiger partial charge in [0.05, 0.1) is 15.8 Å². The zero-order chi connectivity index (χ0) is 13.2. The number of hydrogen-bond donors (Lipinski definition) is 2. The fourth-order valence-electron chi connectivity index (χ4n) is 1.18. The Morgan fingerprint density at radius 1 is 1.41 bits per heavy atom. The van der Waals surface area contributed by atoms with Gasteiger partial charge in [0.15, 0.2) is 0 Å². The van der Waals surface area contributed by atoms with Crippen LogP contribution in [0.1, 0.15) is 13.8 Å². The first-order valence-electron chi connectivity index (χ1n) is 5.40. The monoisotopic (exact) mass is 303 g/mol. The first-order valence-corrected chi connectivity index (χ1v) is 6.19. The molecule has 0 saturated heterocycles. The van der Waals surface area contributed by atoms with Crippen LogP contribution in [0.15, 0.2) is 16.6 Å². The minimum absolute atomic E-state index is 0.0318. The molecular formula is C12H19BrFN3. The van der Waals surface area contributed by atoms with E-state index < -0.39 is 0 Å². The highest BCUT2D eigenvalue weighted by Crippen LogP contribution is 2.27. The Kier molecular flexibility index (Phi) is 4.38. The lowest BCUT2D eigenvalue weighted by Gasteiger charge is -2.33. The highest BCUT2D eigenvalue weighted by Gasteiger charge is 2.20. The first kappa shape index (κ1) is 14.3. The van der Waals surface area contributed by atoms with Gasteiger partial charge in [-0.3, -0.25) is 0 Å². The summed E-state index contributed by atoms with van der Waals surface area (Å²) < 4.78 is 13.8. The lowest BCUT2D eigenvalue weighted by atomic mass is 10.0. The number of nitrogens with one attached hydrogen (secondary N) is 1. The minimum Gasteiger partial charge on any atom is -0.397 e. The summed E-state index contributed by atoms with van der Waals surface area (Å²) in [5, 5.41) is 3.18. The van der Waals surface area contributed by atoms with Crippen LogP contribution in [0.5, 0.6) is 0 Å². The number of nitrogens with zero attached hydrogens (tertiary/aromatic N) is 1. The lowest BCUT2D eigenvalue weighted by molar-refractivity contribution is 0.210. The minimum atomic E-state index is -0.315. The summed E-state index contributed by atoms with van der Waals surface area (Å²) in [5.41, 5.74) is 6.95. The Bertz CT molecular complexity index is 405. The average molecular weight is 304 g/mol. The topological polar surface area (TPSA) is 41.3 Å². The van der Waals surface area contributed by atoms with Gasteiger partial charge in [-0.15, -0.1) is 0 Å². The first-order chi connectivity index (χ1) is 7.74. The summed E-state index contributed by atoms with van der Waals surface area (Å²) in [6, 6.07) is 2.98. The van der Waals surface area contributed by atoms with Gasteiger partial charge >= 0.3 is 0 Å². The second kappa shape index (κ2) is 5.23. The zero-order valence-corrected chi connectivity index (χ0v) is 12.2. The van der Waals surface area contributed by atoms with Gasteiger partial charge in [0.1, 0.15) is 5.82 Å². The molecule has 1 aromatic rings. The van der Waals surface area contributed by atoms with Crippen LogP contribution in [0.3, 0.4) is 0 Å². The predicted molar refractivity (Wildman–Crippen MR) is 74.8 cm³/mol. The number of benzene rings is 1. The summed E-state index contributed by atoms with van der Waals surface area (Å²) in [7, 11) is 4.01. The van der Waals surface area contributed by atoms with Gasteiger partial charge in [-0.1, -0.05) is 0 Å². The normalized spacial score (nSPS) is 11.9. The molecule has 3 N–H and O–H groups in total. The van der Waals surface area contributed by atoms with Gasteiger partial charge < -0.3 is 16.0 Å². The largest absolute Gasteiger partial charge is 0.397 e. The standard InChI is InChI=1S/C12H19BrFN3/c1-12(2,17(3)4)7-16-11-6-9(14)8(13)5-10(11)15/h5-6,16H,7,15H2,1-4H3. The second-order valence-corrected chi connectivity index (χ2v) is 5.77. The van der Waals surface area contributed by atoms with E-state index in [-0.39, 0.29) is 11.4 Å². The van der Waals surface area contributed by atoms with E-state index >= 15 is 0 Å². The Hall–Kier alpha value is -0.810. The Labute approximate surface area is 110 Å². The molecule has 0 radical (unpaired) electrons. The maximum atomic E-state index is 13.4. The third-order valence-electron chi connectivity index (χ3n) is 3.01. The van der Waals surface area contributed by atoms with Crippen molar-refractivity contribution in [3.8, 4) is 0 Å². The number of nitrogens with two attached hydrogens (primary N) is 1. The molecule has 1 aromatic carbocycles. The fourth-order valence-corrected chi connectivity index (χ4v) is 1.55. The number of hydrogen-bond acceptors (Lipinski definition) is 3. The molecule has 0 bridgehead atoms. The molecule has 0 aliphatic rings. The third-order valence-corrected chi connectivity index (χ3v) is 3.62. The van der Waals surface area contributed by atoms with Crippen LogP contribution in [0.25, 0.3) is 0 Å². The fraction of sp³-hybridized carbons (Fsp3) is 0.500. The van der Waals surface area contributed by atoms with Crippen LogP contribution in [-0.2, 0) is 0 Å². The van der Waals surface area contributed by atoms with Crippen LogP contribution in [0.4, 0.5) is 15.8 Å². The van der Waals surface area contributed by atoms with Crippen LogP contribution in [-0.4, -0.2) is 31.1 Å². The lowest BCUT2D eigenvalue weighted by Crippen LogP contribution is -2.44. The highest BCUT2D eigenvalue weighted by atomic mass is 79.9. The quantitative estimate of drug-likeness (QED) is 0.840. The molecule has 0 fully saturated rings. The molecule has 17 heavy (non-hydrogen) atoms. The van der Waals surface area contributed by atoms with E-state index in [1.165, 1.54) is 6.07 Å². The Balaban J connectivity index is 2.80. The summed E-state index contributed by atoms with van der Waals surface area (Å²) >= 11 is 3.10. The zero-order valence-electron chi connectivity index (χ0n) is 10.6. The molecule has 0 unspecified atom stereocenters. The van der Waals surface area contributed by atoms with E-state index in [0.29, 0.717) is 22.4 Å². The molecule has 0 amide bonds. The maximum absolute atomic E-state index is 13.4. The van der Waals surface area contributed by atoms with Crippen molar-refractivity contribution in [3.05, 3.63) is 22.4 Å². The highest BCUT2D eigenvalue weighted by molar-refractivity contribution is 9.10. The van der Waals surface area contributed by atoms with Crippen molar-refractivity contribution >= 4 is 27.3 Å². The van der Waals surface area contributed by atoms with E-state index in [1.807, 2.05) is 14.1 Å². The summed E-state index contributed by atoms with van der Waals surface area (Å²) in [5.74, 6) is -0.315. The molecule has 0 aliphatic heterocycles. The van der Waals surface area contributed by atoms with E-state index in [1.54, 1.807) is 6.07 Å². The average Bonchev–Trinajstić information content (AvgIpc) is 2.21. The smallest absolute Gasteiger partial charge is 0.139 e. The van der Waals surface area contributed by atoms with Crippen molar-refractivity contribution in [2.45, 2.75) is 19.4 Å². The molecule has 0 aliphatic carbocycles. The molecule has 5 heteroatoms. The Morgan fingerprint density at radius 3 is 2.53 bits per heavy atom. The number of halogens is 2. The van der Waals surface area contributed by atoms with Crippen molar-refractivity contribution in [1.29, 1.82) is 0 Å². The SMILES string of the molecule is CN(C)C(C)(C)CNc1cc(F)c(Br)cc1N. The molecule has 0 atom stereocenters. The van der Waals surface area contributed by atoms with Gasteiger partial charge in [0, 0.05) is 18.2 Å². The van der Waals surface area contributed by atoms with E-state index in [9.17, 15) is 4.39 Å². The van der Waals surface area contributed by atoms with E-state index in [4.69, 9.17) is 5.73 Å². The van der Waals surface area contributed by atoms with Gasteiger partial charge in [-0.25, -0.2) is 4.39 Å². The number of rotatable bonds is 4. The Morgan fingerprint density at radius 2 is 2.00 bits per heavy atom. The molecule has 1 rings (SSSR count). The summed E-state index contributed by atoms with van der Waals surface area (Å²) in [6.45, 7) is 4.89. The number of likely N-dealkylation sites (N-methyl/N-ethyl adjacent to an activating group) is 1. The molecule has 3 nitrogen and oxygen atoms in total. The molecular weight excluding hydrogens is 285 g/mol. The van der Waals surface area contributed by atoms with Crippen molar-refractivity contribution in [1.82, 2.24) is 4.90 Å². The molecule has 96 valence electrons. The molecule has 0 aromatic heterocycles. The van der Waals surface area contributed by atoms with Crippen molar-refractivity contribution < 1.29 is 4.39 Å². The second-order valence-electron chi connectivity index (χ2n) is 4.91. The van der Waals surface area contributed by atoms with Crippen molar-refractivity contribution in [3.63, 3.8) is 0 Å². The number of nitrogen functional groups attached to an aromatic ring is 1. The van der Waals surface area contributed by atoms with Gasteiger partial charge in [-0.2, -0.15) is 0 Å². The summed E-state index contributed by atoms with van der Waals surface area (Å²) in [4.78, 5) is 2.10. The van der Waals surface area contributed by atoms with E-state index in [2.05, 4.69) is 40.0 Å². The molecule has 0 spiro atoms. The van der Waals surface area contributed by atoms with Crippen molar-refractivity contribution in [2.75, 3.05) is 31.7 Å². The van der Waals surface area contributed by atoms with E-state index in [0.717, 1.165) is 0 Å².